The summed E-state index contributed by atoms with van der Waals surface area (Å²) in [4.78, 5) is 4.82. The van der Waals surface area contributed by atoms with Crippen LogP contribution in [-0.4, -0.2) is 4.98 Å². The van der Waals surface area contributed by atoms with E-state index >= 15 is 0 Å². The first kappa shape index (κ1) is 17.6. The largest absolute Gasteiger partial charge is 0.301 e. The molecule has 1 radical (unpaired) electrons. The fourth-order valence-corrected chi connectivity index (χ4v) is 2.51. The number of hydrogen-bond donors (Lipinski definition) is 0. The number of pyridine rings is 1. The van der Waals surface area contributed by atoms with Crippen LogP contribution < -0.4 is 0 Å². The van der Waals surface area contributed by atoms with Gasteiger partial charge in [-0.3, -0.25) is 0 Å². The van der Waals surface area contributed by atoms with E-state index in [2.05, 4.69) is 74.5 Å². The second kappa shape index (κ2) is 8.19. The first-order valence-electron chi connectivity index (χ1n) is 7.82. The zero-order chi connectivity index (χ0) is 15.4. The van der Waals surface area contributed by atoms with Crippen molar-refractivity contribution in [2.24, 2.45) is 0 Å². The molecule has 0 amide bonds. The second-order valence-corrected chi connectivity index (χ2v) is 5.61. The van der Waals surface area contributed by atoms with E-state index in [1.54, 1.807) is 0 Å². The van der Waals surface area contributed by atoms with Crippen molar-refractivity contribution in [3.8, 4) is 22.4 Å². The Balaban J connectivity index is 0.00000192. The maximum Gasteiger partial charge on any atom is 0.0325 e. The van der Waals surface area contributed by atoms with Crippen LogP contribution in [0.25, 0.3) is 22.4 Å². The zero-order valence-corrected chi connectivity index (χ0v) is 15.8. The molecule has 0 saturated heterocycles. The predicted octanol–water partition coefficient (Wildman–Crippen LogP) is 5.73. The van der Waals surface area contributed by atoms with E-state index in [4.69, 9.17) is 4.98 Å². The molecular formula is C21H20IrN-. The minimum absolute atomic E-state index is 0. The molecule has 0 spiro atoms. The molecule has 1 unspecified atom stereocenters. The SMILES string of the molecule is CCC(C)c1cccc(-c2[c-]ccc(-c3ccccc3)c2)n1.[Ir]. The molecule has 3 rings (SSSR count). The summed E-state index contributed by atoms with van der Waals surface area (Å²) < 4.78 is 0. The molecule has 23 heavy (non-hydrogen) atoms. The Morgan fingerprint density at radius 2 is 1.74 bits per heavy atom. The molecular weight excluding hydrogens is 458 g/mol. The third-order valence-corrected chi connectivity index (χ3v) is 4.07. The Hall–Kier alpha value is -1.76. The van der Waals surface area contributed by atoms with Crippen LogP contribution in [-0.2, 0) is 20.1 Å². The molecule has 0 bridgehead atoms. The van der Waals surface area contributed by atoms with Crippen LogP contribution in [0.3, 0.4) is 0 Å². The van der Waals surface area contributed by atoms with E-state index in [1.165, 1.54) is 11.1 Å². The van der Waals surface area contributed by atoms with E-state index < -0.39 is 0 Å². The maximum atomic E-state index is 4.82. The van der Waals surface area contributed by atoms with E-state index in [9.17, 15) is 0 Å². The Labute approximate surface area is 152 Å². The summed E-state index contributed by atoms with van der Waals surface area (Å²) in [6.45, 7) is 4.41. The van der Waals surface area contributed by atoms with Crippen molar-refractivity contribution in [1.29, 1.82) is 0 Å². The first-order valence-corrected chi connectivity index (χ1v) is 7.82. The number of benzene rings is 2. The van der Waals surface area contributed by atoms with Crippen molar-refractivity contribution in [3.63, 3.8) is 0 Å². The summed E-state index contributed by atoms with van der Waals surface area (Å²) in [7, 11) is 0. The molecule has 0 fully saturated rings. The van der Waals surface area contributed by atoms with Gasteiger partial charge in [0.25, 0.3) is 0 Å². The van der Waals surface area contributed by atoms with Gasteiger partial charge < -0.3 is 4.98 Å². The molecule has 1 nitrogen and oxygen atoms in total. The second-order valence-electron chi connectivity index (χ2n) is 5.61. The van der Waals surface area contributed by atoms with E-state index in [0.29, 0.717) is 5.92 Å². The van der Waals surface area contributed by atoms with Crippen LogP contribution >= 0.6 is 0 Å². The zero-order valence-electron chi connectivity index (χ0n) is 13.4. The van der Waals surface area contributed by atoms with Gasteiger partial charge in [0.05, 0.1) is 0 Å². The molecule has 0 aliphatic rings. The number of aromatic nitrogens is 1. The average molecular weight is 479 g/mol. The smallest absolute Gasteiger partial charge is 0.0325 e. The summed E-state index contributed by atoms with van der Waals surface area (Å²) in [5.74, 6) is 0.484. The third kappa shape index (κ3) is 4.16. The summed E-state index contributed by atoms with van der Waals surface area (Å²) in [6, 6.07) is 26.2. The standard InChI is InChI=1S/C21H20N.Ir/c1-3-16(2)20-13-8-14-21(22-20)19-12-7-11-18(15-19)17-9-5-4-6-10-17;/h4-11,13-16H,3H2,1-2H3;/q-1;. The van der Waals surface area contributed by atoms with E-state index in [1.807, 2.05) is 12.1 Å². The van der Waals surface area contributed by atoms with Gasteiger partial charge >= 0.3 is 0 Å². The van der Waals surface area contributed by atoms with Gasteiger partial charge in [0.15, 0.2) is 0 Å². The Morgan fingerprint density at radius 1 is 0.957 bits per heavy atom. The van der Waals surface area contributed by atoms with Crippen LogP contribution in [0.1, 0.15) is 31.9 Å². The molecule has 1 atom stereocenters. The molecule has 0 aliphatic carbocycles. The van der Waals surface area contributed by atoms with Crippen LogP contribution in [0.5, 0.6) is 0 Å². The fourth-order valence-electron chi connectivity index (χ4n) is 2.51. The van der Waals surface area contributed by atoms with Gasteiger partial charge in [-0.15, -0.1) is 35.4 Å². The minimum atomic E-state index is 0. The molecule has 2 aromatic carbocycles. The van der Waals surface area contributed by atoms with E-state index in [0.717, 1.165) is 23.4 Å². The van der Waals surface area contributed by atoms with Gasteiger partial charge in [-0.1, -0.05) is 56.3 Å². The average Bonchev–Trinajstić information content (AvgIpc) is 2.62. The van der Waals surface area contributed by atoms with Crippen molar-refractivity contribution < 1.29 is 20.1 Å². The van der Waals surface area contributed by atoms with Crippen molar-refractivity contribution in [3.05, 3.63) is 78.5 Å². The quantitative estimate of drug-likeness (QED) is 0.437. The molecule has 0 saturated carbocycles. The number of nitrogens with zero attached hydrogens (tertiary/aromatic N) is 1. The van der Waals surface area contributed by atoms with Gasteiger partial charge in [-0.25, -0.2) is 0 Å². The molecule has 1 heterocycles. The van der Waals surface area contributed by atoms with Crippen LogP contribution in [0.2, 0.25) is 0 Å². The topological polar surface area (TPSA) is 12.9 Å². The molecule has 0 aliphatic heterocycles. The van der Waals surface area contributed by atoms with Gasteiger partial charge in [0, 0.05) is 25.8 Å². The van der Waals surface area contributed by atoms with Crippen molar-refractivity contribution >= 4 is 0 Å². The monoisotopic (exact) mass is 479 g/mol. The summed E-state index contributed by atoms with van der Waals surface area (Å²) >= 11 is 0. The van der Waals surface area contributed by atoms with Crippen molar-refractivity contribution in [1.82, 2.24) is 4.98 Å². The predicted molar refractivity (Wildman–Crippen MR) is 92.7 cm³/mol. The Kier molecular flexibility index (Phi) is 6.27. The van der Waals surface area contributed by atoms with Gasteiger partial charge in [-0.05, 0) is 29.7 Å². The fraction of sp³-hybridized carbons (Fsp3) is 0.190. The Morgan fingerprint density at radius 3 is 2.48 bits per heavy atom. The Bertz CT molecular complexity index is 753. The molecule has 2 heteroatoms. The maximum absolute atomic E-state index is 4.82. The van der Waals surface area contributed by atoms with Crippen LogP contribution in [0, 0.1) is 6.07 Å². The molecule has 0 N–H and O–H groups in total. The summed E-state index contributed by atoms with van der Waals surface area (Å²) in [6.07, 6.45) is 1.10. The van der Waals surface area contributed by atoms with Crippen LogP contribution in [0.15, 0.2) is 66.7 Å². The first-order chi connectivity index (χ1) is 10.8. The van der Waals surface area contributed by atoms with Gasteiger partial charge in [0.1, 0.15) is 0 Å². The minimum Gasteiger partial charge on any atom is -0.301 e. The van der Waals surface area contributed by atoms with Crippen molar-refractivity contribution in [2.75, 3.05) is 0 Å². The number of rotatable bonds is 4. The summed E-state index contributed by atoms with van der Waals surface area (Å²) in [5, 5.41) is 0. The number of hydrogen-bond acceptors (Lipinski definition) is 1. The van der Waals surface area contributed by atoms with Gasteiger partial charge in [-0.2, -0.15) is 0 Å². The molecule has 1 aromatic heterocycles. The summed E-state index contributed by atoms with van der Waals surface area (Å²) in [5.41, 5.74) is 5.61. The normalized spacial score (nSPS) is 11.6. The van der Waals surface area contributed by atoms with E-state index in [-0.39, 0.29) is 20.1 Å². The molecule has 3 aromatic rings. The third-order valence-electron chi connectivity index (χ3n) is 4.07. The van der Waals surface area contributed by atoms with Gasteiger partial charge in [0.2, 0.25) is 0 Å². The van der Waals surface area contributed by atoms with Crippen LogP contribution in [0.4, 0.5) is 0 Å². The van der Waals surface area contributed by atoms with Crippen molar-refractivity contribution in [2.45, 2.75) is 26.2 Å². The molecule has 119 valence electrons.